The fourth-order valence-electron chi connectivity index (χ4n) is 0.815. The van der Waals surface area contributed by atoms with Crippen molar-refractivity contribution in [3.63, 3.8) is 0 Å². The molecule has 0 aromatic carbocycles. The smallest absolute Gasteiger partial charge is 0.281 e. The predicted octanol–water partition coefficient (Wildman–Crippen LogP) is 1.69. The van der Waals surface area contributed by atoms with Gasteiger partial charge in [-0.1, -0.05) is 0 Å². The fourth-order valence-corrected chi connectivity index (χ4v) is 0.815. The van der Waals surface area contributed by atoms with Crippen LogP contribution >= 0.6 is 0 Å². The first-order valence-electron chi connectivity index (χ1n) is 3.92. The molecular weight excluding hydrogens is 195 g/mol. The molecule has 0 aliphatic carbocycles. The van der Waals surface area contributed by atoms with Gasteiger partial charge in [-0.2, -0.15) is 18.2 Å². The highest BCUT2D eigenvalue weighted by atomic mass is 19.4. The van der Waals surface area contributed by atoms with Crippen molar-refractivity contribution in [2.45, 2.75) is 6.18 Å². The molecule has 0 spiro atoms. The van der Waals surface area contributed by atoms with Crippen LogP contribution in [0, 0.1) is 0 Å². The lowest BCUT2D eigenvalue weighted by Crippen LogP contribution is -2.36. The molecule has 0 saturated heterocycles. The number of hydrogen-bond donors (Lipinski definition) is 0. The van der Waals surface area contributed by atoms with Gasteiger partial charge in [0.2, 0.25) is 5.82 Å². The van der Waals surface area contributed by atoms with E-state index in [2.05, 4.69) is 9.97 Å². The SMILES string of the molecule is C[N+](C)(C)c1cncc(C(F)(F)F)n1. The second kappa shape index (κ2) is 3.20. The third-order valence-corrected chi connectivity index (χ3v) is 1.60. The van der Waals surface area contributed by atoms with E-state index in [0.29, 0.717) is 0 Å². The van der Waals surface area contributed by atoms with Gasteiger partial charge < -0.3 is 0 Å². The number of halogens is 3. The fraction of sp³-hybridized carbons (Fsp3) is 0.500. The van der Waals surface area contributed by atoms with E-state index in [0.717, 1.165) is 6.20 Å². The first kappa shape index (κ1) is 10.9. The van der Waals surface area contributed by atoms with Gasteiger partial charge in [-0.05, 0) is 0 Å². The topological polar surface area (TPSA) is 25.8 Å². The molecule has 0 bridgehead atoms. The summed E-state index contributed by atoms with van der Waals surface area (Å²) in [4.78, 5) is 7.02. The number of alkyl halides is 3. The van der Waals surface area contributed by atoms with Gasteiger partial charge in [0.1, 0.15) is 6.20 Å². The van der Waals surface area contributed by atoms with E-state index in [1.807, 2.05) is 0 Å². The first-order chi connectivity index (χ1) is 6.21. The van der Waals surface area contributed by atoms with E-state index in [-0.39, 0.29) is 10.3 Å². The molecule has 0 atom stereocenters. The van der Waals surface area contributed by atoms with Gasteiger partial charge in [0.15, 0.2) is 5.69 Å². The van der Waals surface area contributed by atoms with E-state index in [4.69, 9.17) is 0 Å². The summed E-state index contributed by atoms with van der Waals surface area (Å²) in [5, 5.41) is 0. The second-order valence-electron chi connectivity index (χ2n) is 3.77. The van der Waals surface area contributed by atoms with Crippen molar-refractivity contribution in [3.8, 4) is 0 Å². The van der Waals surface area contributed by atoms with Crippen molar-refractivity contribution in [1.82, 2.24) is 14.5 Å². The van der Waals surface area contributed by atoms with Crippen LogP contribution < -0.4 is 4.48 Å². The van der Waals surface area contributed by atoms with Gasteiger partial charge in [-0.25, -0.2) is 0 Å². The van der Waals surface area contributed by atoms with E-state index in [1.165, 1.54) is 6.20 Å². The van der Waals surface area contributed by atoms with Crippen molar-refractivity contribution in [2.75, 3.05) is 21.1 Å². The number of hydrogen-bond acceptors (Lipinski definition) is 2. The van der Waals surface area contributed by atoms with Gasteiger partial charge in [-0.15, -0.1) is 0 Å². The monoisotopic (exact) mass is 206 g/mol. The first-order valence-corrected chi connectivity index (χ1v) is 3.92. The zero-order valence-corrected chi connectivity index (χ0v) is 8.13. The molecular formula is C8H11F3N3+. The average Bonchev–Trinajstić information content (AvgIpc) is 2.01. The summed E-state index contributed by atoms with van der Waals surface area (Å²) in [6.45, 7) is 0. The maximum absolute atomic E-state index is 12.2. The predicted molar refractivity (Wildman–Crippen MR) is 46.6 cm³/mol. The molecule has 0 radical (unpaired) electrons. The Labute approximate surface area is 79.8 Å². The summed E-state index contributed by atoms with van der Waals surface area (Å²) >= 11 is 0. The zero-order valence-electron chi connectivity index (χ0n) is 8.13. The van der Waals surface area contributed by atoms with E-state index < -0.39 is 11.9 Å². The molecule has 0 saturated carbocycles. The van der Waals surface area contributed by atoms with Crippen LogP contribution in [0.5, 0.6) is 0 Å². The molecule has 1 aromatic heterocycles. The molecule has 78 valence electrons. The second-order valence-corrected chi connectivity index (χ2v) is 3.77. The molecule has 1 aromatic rings. The van der Waals surface area contributed by atoms with Gasteiger partial charge in [0, 0.05) is 0 Å². The highest BCUT2D eigenvalue weighted by Gasteiger charge is 2.34. The van der Waals surface area contributed by atoms with Gasteiger partial charge >= 0.3 is 6.18 Å². The van der Waals surface area contributed by atoms with E-state index >= 15 is 0 Å². The summed E-state index contributed by atoms with van der Waals surface area (Å²) < 4.78 is 36.9. The summed E-state index contributed by atoms with van der Waals surface area (Å²) in [7, 11) is 5.18. The normalized spacial score (nSPS) is 13.0. The van der Waals surface area contributed by atoms with Crippen LogP contribution in [0.25, 0.3) is 0 Å². The average molecular weight is 206 g/mol. The number of nitrogens with zero attached hydrogens (tertiary/aromatic N) is 3. The lowest BCUT2D eigenvalue weighted by Gasteiger charge is -2.21. The number of quaternary nitrogens is 1. The molecule has 14 heavy (non-hydrogen) atoms. The Bertz CT molecular complexity index is 298. The van der Waals surface area contributed by atoms with Gasteiger partial charge in [0.05, 0.1) is 27.3 Å². The summed E-state index contributed by atoms with van der Waals surface area (Å²) in [6.07, 6.45) is -2.38. The highest BCUT2D eigenvalue weighted by molar-refractivity contribution is 5.29. The van der Waals surface area contributed by atoms with E-state index in [9.17, 15) is 13.2 Å². The Kier molecular flexibility index (Phi) is 2.49. The quantitative estimate of drug-likeness (QED) is 0.653. The largest absolute Gasteiger partial charge is 0.435 e. The van der Waals surface area contributed by atoms with Crippen LogP contribution in [-0.2, 0) is 6.18 Å². The van der Waals surface area contributed by atoms with E-state index in [1.54, 1.807) is 21.1 Å². The molecule has 1 rings (SSSR count). The lowest BCUT2D eigenvalue weighted by atomic mass is 10.4. The summed E-state index contributed by atoms with van der Waals surface area (Å²) in [6, 6.07) is 0. The molecule has 6 heteroatoms. The molecule has 3 nitrogen and oxygen atoms in total. The minimum Gasteiger partial charge on any atom is -0.281 e. The summed E-state index contributed by atoms with van der Waals surface area (Å²) in [5.41, 5.74) is -0.956. The van der Waals surface area contributed by atoms with Crippen LogP contribution in [0.1, 0.15) is 5.69 Å². The Morgan fingerprint density at radius 1 is 1.14 bits per heavy atom. The molecule has 0 aliphatic rings. The number of rotatable bonds is 1. The molecule has 0 fully saturated rings. The Morgan fingerprint density at radius 2 is 1.71 bits per heavy atom. The third-order valence-electron chi connectivity index (χ3n) is 1.60. The van der Waals surface area contributed by atoms with Crippen molar-refractivity contribution in [2.24, 2.45) is 0 Å². The Balaban J connectivity index is 3.15. The van der Waals surface area contributed by atoms with Crippen LogP contribution in [0.15, 0.2) is 12.4 Å². The molecule has 0 aliphatic heterocycles. The number of aromatic nitrogens is 2. The van der Waals surface area contributed by atoms with Gasteiger partial charge in [-0.3, -0.25) is 9.47 Å². The zero-order chi connectivity index (χ0) is 11.0. The molecule has 0 amide bonds. The Morgan fingerprint density at radius 3 is 2.14 bits per heavy atom. The van der Waals surface area contributed by atoms with Crippen LogP contribution in [0.4, 0.5) is 19.0 Å². The maximum Gasteiger partial charge on any atom is 0.435 e. The Hall–Kier alpha value is -1.17. The van der Waals surface area contributed by atoms with Crippen LogP contribution in [-0.4, -0.2) is 31.1 Å². The molecule has 0 N–H and O–H groups in total. The molecule has 0 unspecified atom stereocenters. The summed E-state index contributed by atoms with van der Waals surface area (Å²) in [5.74, 6) is 0.278. The lowest BCUT2D eigenvalue weighted by molar-refractivity contribution is -0.141. The highest BCUT2D eigenvalue weighted by Crippen LogP contribution is 2.28. The van der Waals surface area contributed by atoms with Gasteiger partial charge in [0.25, 0.3) is 0 Å². The van der Waals surface area contributed by atoms with Crippen molar-refractivity contribution >= 4 is 5.82 Å². The third kappa shape index (κ3) is 2.41. The minimum absolute atomic E-state index is 0.205. The standard InChI is InChI=1S/C8H11F3N3/c1-14(2,3)7-5-12-4-6(13-7)8(9,10)11/h4-5H,1-3H3/q+1. The maximum atomic E-state index is 12.2. The van der Waals surface area contributed by atoms with Crippen molar-refractivity contribution < 1.29 is 13.2 Å². The van der Waals surface area contributed by atoms with Crippen molar-refractivity contribution in [1.29, 1.82) is 0 Å². The van der Waals surface area contributed by atoms with Crippen LogP contribution in [0.2, 0.25) is 0 Å². The minimum atomic E-state index is -4.43. The molecule has 1 heterocycles. The van der Waals surface area contributed by atoms with Crippen molar-refractivity contribution in [3.05, 3.63) is 18.1 Å². The van der Waals surface area contributed by atoms with Crippen LogP contribution in [0.3, 0.4) is 0 Å².